The third-order valence-corrected chi connectivity index (χ3v) is 3.14. The zero-order valence-corrected chi connectivity index (χ0v) is 10.9. The van der Waals surface area contributed by atoms with E-state index in [9.17, 15) is 13.6 Å². The number of carbonyl (C=O) groups excluding carboxylic acids is 1. The summed E-state index contributed by atoms with van der Waals surface area (Å²) in [6.07, 6.45) is 0.467. The van der Waals surface area contributed by atoms with Crippen LogP contribution in [0.1, 0.15) is 34.8 Å². The summed E-state index contributed by atoms with van der Waals surface area (Å²) in [4.78, 5) is 11.9. The van der Waals surface area contributed by atoms with E-state index in [1.807, 2.05) is 30.3 Å². The van der Waals surface area contributed by atoms with Crippen LogP contribution >= 0.6 is 0 Å². The predicted molar refractivity (Wildman–Crippen MR) is 73.3 cm³/mol. The van der Waals surface area contributed by atoms with Gasteiger partial charge >= 0.3 is 0 Å². The van der Waals surface area contributed by atoms with Gasteiger partial charge in [0.25, 0.3) is 0 Å². The van der Waals surface area contributed by atoms with E-state index in [-0.39, 0.29) is 18.0 Å². The van der Waals surface area contributed by atoms with Crippen LogP contribution in [-0.2, 0) is 0 Å². The Bertz CT molecular complexity index is 599. The number of rotatable bonds is 5. The van der Waals surface area contributed by atoms with E-state index in [1.165, 1.54) is 0 Å². The average Bonchev–Trinajstić information content (AvgIpc) is 2.47. The van der Waals surface area contributed by atoms with Crippen molar-refractivity contribution in [1.82, 2.24) is 0 Å². The summed E-state index contributed by atoms with van der Waals surface area (Å²) in [7, 11) is 0. The number of hydrogen-bond donors (Lipinski definition) is 1. The minimum absolute atomic E-state index is 0.0798. The number of carbonyl (C=O) groups is 1. The molecule has 1 atom stereocenters. The highest BCUT2D eigenvalue weighted by Crippen LogP contribution is 2.18. The lowest BCUT2D eigenvalue weighted by atomic mass is 9.99. The van der Waals surface area contributed by atoms with E-state index in [0.29, 0.717) is 6.42 Å². The topological polar surface area (TPSA) is 43.1 Å². The van der Waals surface area contributed by atoms with Crippen molar-refractivity contribution in [2.45, 2.75) is 18.9 Å². The standard InChI is InChI=1S/C16H15F2NO/c17-12-6-7-14(18)13(10-12)16(20)9-8-15(19)11-4-2-1-3-5-11/h1-7,10,15H,8-9,19H2. The Morgan fingerprint density at radius 2 is 1.80 bits per heavy atom. The molecule has 0 aliphatic rings. The van der Waals surface area contributed by atoms with Crippen LogP contribution in [0.2, 0.25) is 0 Å². The second kappa shape index (κ2) is 6.39. The van der Waals surface area contributed by atoms with Crippen molar-refractivity contribution in [2.24, 2.45) is 5.73 Å². The zero-order chi connectivity index (χ0) is 14.5. The fourth-order valence-electron chi connectivity index (χ4n) is 2.00. The number of benzene rings is 2. The van der Waals surface area contributed by atoms with E-state index >= 15 is 0 Å². The SMILES string of the molecule is NC(CCC(=O)c1cc(F)ccc1F)c1ccccc1. The summed E-state index contributed by atoms with van der Waals surface area (Å²) < 4.78 is 26.5. The van der Waals surface area contributed by atoms with Crippen LogP contribution in [0.25, 0.3) is 0 Å². The first-order valence-corrected chi connectivity index (χ1v) is 6.36. The Morgan fingerprint density at radius 3 is 2.50 bits per heavy atom. The third-order valence-electron chi connectivity index (χ3n) is 3.14. The molecule has 0 spiro atoms. The minimum Gasteiger partial charge on any atom is -0.324 e. The molecule has 0 radical (unpaired) electrons. The zero-order valence-electron chi connectivity index (χ0n) is 10.9. The van der Waals surface area contributed by atoms with Crippen molar-refractivity contribution in [3.05, 3.63) is 71.3 Å². The normalized spacial score (nSPS) is 12.2. The van der Waals surface area contributed by atoms with E-state index in [2.05, 4.69) is 0 Å². The van der Waals surface area contributed by atoms with Gasteiger partial charge in [0.2, 0.25) is 0 Å². The molecule has 0 fully saturated rings. The van der Waals surface area contributed by atoms with Crippen LogP contribution in [-0.4, -0.2) is 5.78 Å². The van der Waals surface area contributed by atoms with Crippen LogP contribution in [0.4, 0.5) is 8.78 Å². The van der Waals surface area contributed by atoms with E-state index in [4.69, 9.17) is 5.73 Å². The van der Waals surface area contributed by atoms with Gasteiger partial charge in [-0.3, -0.25) is 4.79 Å². The lowest BCUT2D eigenvalue weighted by Gasteiger charge is -2.11. The third kappa shape index (κ3) is 3.48. The van der Waals surface area contributed by atoms with Gasteiger partial charge in [-0.2, -0.15) is 0 Å². The quantitative estimate of drug-likeness (QED) is 0.847. The number of halogens is 2. The van der Waals surface area contributed by atoms with Gasteiger partial charge in [0.1, 0.15) is 11.6 Å². The first kappa shape index (κ1) is 14.3. The molecule has 1 unspecified atom stereocenters. The summed E-state index contributed by atoms with van der Waals surface area (Å²) >= 11 is 0. The molecule has 4 heteroatoms. The monoisotopic (exact) mass is 275 g/mol. The molecular weight excluding hydrogens is 260 g/mol. The molecule has 20 heavy (non-hydrogen) atoms. The lowest BCUT2D eigenvalue weighted by Crippen LogP contribution is -2.13. The smallest absolute Gasteiger partial charge is 0.165 e. The molecule has 0 bridgehead atoms. The van der Waals surface area contributed by atoms with Crippen molar-refractivity contribution in [1.29, 1.82) is 0 Å². The highest BCUT2D eigenvalue weighted by Gasteiger charge is 2.15. The molecule has 2 aromatic carbocycles. The molecule has 0 aliphatic carbocycles. The summed E-state index contributed by atoms with van der Waals surface area (Å²) in [6, 6.07) is 11.9. The van der Waals surface area contributed by atoms with Crippen LogP contribution in [0.3, 0.4) is 0 Å². The Balaban J connectivity index is 2.00. The molecule has 2 rings (SSSR count). The first-order chi connectivity index (χ1) is 9.58. The highest BCUT2D eigenvalue weighted by atomic mass is 19.1. The first-order valence-electron chi connectivity index (χ1n) is 6.36. The Labute approximate surface area is 116 Å². The number of ketones is 1. The number of nitrogens with two attached hydrogens (primary N) is 1. The summed E-state index contributed by atoms with van der Waals surface area (Å²) in [6.45, 7) is 0. The van der Waals surface area contributed by atoms with Gasteiger partial charge in [-0.15, -0.1) is 0 Å². The summed E-state index contributed by atoms with van der Waals surface area (Å²) in [5, 5.41) is 0. The highest BCUT2D eigenvalue weighted by molar-refractivity contribution is 5.96. The van der Waals surface area contributed by atoms with E-state index in [1.54, 1.807) is 0 Å². The van der Waals surface area contributed by atoms with Crippen LogP contribution in [0.5, 0.6) is 0 Å². The summed E-state index contributed by atoms with van der Waals surface area (Å²) in [5.41, 5.74) is 6.67. The van der Waals surface area contributed by atoms with Crippen LogP contribution < -0.4 is 5.73 Å². The van der Waals surface area contributed by atoms with Gasteiger partial charge in [-0.25, -0.2) is 8.78 Å². The van der Waals surface area contributed by atoms with Gasteiger partial charge in [0.15, 0.2) is 5.78 Å². The van der Waals surface area contributed by atoms with Crippen molar-refractivity contribution in [3.63, 3.8) is 0 Å². The van der Waals surface area contributed by atoms with Gasteiger partial charge < -0.3 is 5.73 Å². The van der Waals surface area contributed by atoms with Crippen LogP contribution in [0.15, 0.2) is 48.5 Å². The maximum atomic E-state index is 13.4. The van der Waals surface area contributed by atoms with Gasteiger partial charge in [0.05, 0.1) is 5.56 Å². The predicted octanol–water partition coefficient (Wildman–Crippen LogP) is 3.63. The average molecular weight is 275 g/mol. The molecule has 0 amide bonds. The molecule has 2 aromatic rings. The fraction of sp³-hybridized carbons (Fsp3) is 0.188. The number of hydrogen-bond acceptors (Lipinski definition) is 2. The maximum absolute atomic E-state index is 13.4. The molecule has 2 nitrogen and oxygen atoms in total. The lowest BCUT2D eigenvalue weighted by molar-refractivity contribution is 0.0973. The van der Waals surface area contributed by atoms with Crippen molar-refractivity contribution in [3.8, 4) is 0 Å². The molecule has 0 saturated heterocycles. The number of Topliss-reactive ketones (excluding diaryl/α,β-unsaturated/α-hetero) is 1. The summed E-state index contributed by atoms with van der Waals surface area (Å²) in [5.74, 6) is -1.76. The molecule has 0 heterocycles. The Hall–Kier alpha value is -2.07. The van der Waals surface area contributed by atoms with Crippen LogP contribution in [0, 0.1) is 11.6 Å². The van der Waals surface area contributed by atoms with Gasteiger partial charge in [-0.05, 0) is 30.2 Å². The maximum Gasteiger partial charge on any atom is 0.165 e. The van der Waals surface area contributed by atoms with Crippen molar-refractivity contribution < 1.29 is 13.6 Å². The van der Waals surface area contributed by atoms with E-state index in [0.717, 1.165) is 23.8 Å². The minimum atomic E-state index is -0.704. The molecular formula is C16H15F2NO. The second-order valence-electron chi connectivity index (χ2n) is 4.60. The van der Waals surface area contributed by atoms with Gasteiger partial charge in [-0.1, -0.05) is 30.3 Å². The molecule has 104 valence electrons. The molecule has 2 N–H and O–H groups in total. The largest absolute Gasteiger partial charge is 0.324 e. The molecule has 0 saturated carbocycles. The second-order valence-corrected chi connectivity index (χ2v) is 4.60. The van der Waals surface area contributed by atoms with Crippen molar-refractivity contribution in [2.75, 3.05) is 0 Å². The van der Waals surface area contributed by atoms with Crippen molar-refractivity contribution >= 4 is 5.78 Å². The Morgan fingerprint density at radius 1 is 1.10 bits per heavy atom. The molecule has 0 aromatic heterocycles. The van der Waals surface area contributed by atoms with E-state index < -0.39 is 17.4 Å². The Kier molecular flexibility index (Phi) is 4.58. The molecule has 0 aliphatic heterocycles. The fourth-order valence-corrected chi connectivity index (χ4v) is 2.00. The van der Waals surface area contributed by atoms with Gasteiger partial charge in [0, 0.05) is 12.5 Å².